The smallest absolute Gasteiger partial charge is 0.410 e. The predicted molar refractivity (Wildman–Crippen MR) is 156 cm³/mol. The summed E-state index contributed by atoms with van der Waals surface area (Å²) in [6.07, 6.45) is 2.79. The number of amides is 2. The molecule has 1 saturated heterocycles. The summed E-state index contributed by atoms with van der Waals surface area (Å²) in [6, 6.07) is 17.9. The Morgan fingerprint density at radius 1 is 1.00 bits per heavy atom. The Hall–Kier alpha value is -3.47. The molecule has 5 rings (SSSR count). The number of carbonyl (C=O) groups excluding carboxylic acids is 2. The van der Waals surface area contributed by atoms with E-state index in [1.165, 1.54) is 35.0 Å². The fourth-order valence-electron chi connectivity index (χ4n) is 4.51. The van der Waals surface area contributed by atoms with Crippen LogP contribution in [0.25, 0.3) is 0 Å². The molecule has 1 aliphatic carbocycles. The van der Waals surface area contributed by atoms with Gasteiger partial charge in [-0.05, 0) is 93.1 Å². The minimum Gasteiger partial charge on any atom is -0.444 e. The van der Waals surface area contributed by atoms with E-state index in [-0.39, 0.29) is 29.7 Å². The molecule has 1 aliphatic heterocycles. The summed E-state index contributed by atoms with van der Waals surface area (Å²) in [4.78, 5) is 29.0. The van der Waals surface area contributed by atoms with Crippen LogP contribution in [0.3, 0.4) is 0 Å². The average molecular weight is 599 g/mol. The van der Waals surface area contributed by atoms with Gasteiger partial charge in [-0.2, -0.15) is 4.31 Å². The molecule has 2 aliphatic rings. The number of nitrogens with zero attached hydrogens (tertiary/aromatic N) is 3. The summed E-state index contributed by atoms with van der Waals surface area (Å²) < 4.78 is 33.0. The van der Waals surface area contributed by atoms with Crippen LogP contribution in [-0.2, 0) is 27.8 Å². The molecule has 218 valence electrons. The van der Waals surface area contributed by atoms with Crippen LogP contribution in [0.1, 0.15) is 48.8 Å². The van der Waals surface area contributed by atoms with E-state index < -0.39 is 15.9 Å². The van der Waals surface area contributed by atoms with E-state index in [1.54, 1.807) is 48.7 Å². The summed E-state index contributed by atoms with van der Waals surface area (Å²) >= 11 is 5.89. The van der Waals surface area contributed by atoms with Crippen LogP contribution < -0.4 is 5.73 Å². The van der Waals surface area contributed by atoms with Gasteiger partial charge in [0.15, 0.2) is 0 Å². The van der Waals surface area contributed by atoms with Crippen LogP contribution in [0.15, 0.2) is 77.8 Å². The zero-order valence-electron chi connectivity index (χ0n) is 23.4. The van der Waals surface area contributed by atoms with E-state index in [0.29, 0.717) is 16.3 Å². The summed E-state index contributed by atoms with van der Waals surface area (Å²) in [7, 11) is -3.80. The number of fused-ring (bicyclic) bond motifs is 1. The lowest BCUT2D eigenvalue weighted by atomic mass is 10.1. The second kappa shape index (κ2) is 12.6. The van der Waals surface area contributed by atoms with Crippen LogP contribution in [0, 0.1) is 11.8 Å². The molecule has 2 fully saturated rings. The summed E-state index contributed by atoms with van der Waals surface area (Å²) in [5.41, 5.74) is 6.60. The fourth-order valence-corrected chi connectivity index (χ4v) is 6.03. The van der Waals surface area contributed by atoms with Crippen LogP contribution in [0.4, 0.5) is 4.79 Å². The minimum atomic E-state index is -3.80. The number of sulfonamides is 1. The van der Waals surface area contributed by atoms with Crippen molar-refractivity contribution < 1.29 is 22.7 Å². The van der Waals surface area contributed by atoms with Gasteiger partial charge in [-0.3, -0.25) is 9.78 Å². The molecule has 11 heteroatoms. The van der Waals surface area contributed by atoms with Gasteiger partial charge in [0, 0.05) is 36.4 Å². The number of benzene rings is 2. The van der Waals surface area contributed by atoms with Gasteiger partial charge in [-0.15, -0.1) is 0 Å². The van der Waals surface area contributed by atoms with Gasteiger partial charge in [0.25, 0.3) is 0 Å². The van der Waals surface area contributed by atoms with E-state index in [2.05, 4.69) is 4.98 Å². The Balaban J connectivity index is 0.000000247. The minimum absolute atomic E-state index is 0.101. The highest BCUT2D eigenvalue weighted by molar-refractivity contribution is 7.89. The molecule has 0 radical (unpaired) electrons. The zero-order valence-corrected chi connectivity index (χ0v) is 24.9. The first-order valence-electron chi connectivity index (χ1n) is 13.3. The maximum Gasteiger partial charge on any atom is 0.410 e. The van der Waals surface area contributed by atoms with Crippen molar-refractivity contribution in [2.24, 2.45) is 17.6 Å². The third-order valence-corrected chi connectivity index (χ3v) is 8.80. The number of piperidine rings is 1. The fraction of sp³-hybridized carbons (Fsp3) is 0.367. The van der Waals surface area contributed by atoms with Gasteiger partial charge in [-0.25, -0.2) is 13.2 Å². The van der Waals surface area contributed by atoms with E-state index in [0.717, 1.165) is 30.5 Å². The van der Waals surface area contributed by atoms with Gasteiger partial charge in [-0.1, -0.05) is 29.8 Å². The van der Waals surface area contributed by atoms with E-state index in [4.69, 9.17) is 22.1 Å². The average Bonchev–Trinajstić information content (AvgIpc) is 3.53. The van der Waals surface area contributed by atoms with Crippen molar-refractivity contribution in [3.8, 4) is 0 Å². The van der Waals surface area contributed by atoms with Crippen molar-refractivity contribution in [1.29, 1.82) is 0 Å². The number of nitrogens with two attached hydrogens (primary N) is 1. The second-order valence-corrected chi connectivity index (χ2v) is 13.6. The molecule has 2 aromatic carbocycles. The zero-order chi connectivity index (χ0) is 29.8. The Kier molecular flexibility index (Phi) is 9.36. The molecule has 3 aromatic rings. The number of likely N-dealkylation sites (tertiary alicyclic amines) is 1. The summed E-state index contributed by atoms with van der Waals surface area (Å²) in [6.45, 7) is 7.76. The Morgan fingerprint density at radius 2 is 1.63 bits per heavy atom. The predicted octanol–water partition coefficient (Wildman–Crippen LogP) is 5.10. The molecule has 0 bridgehead atoms. The molecule has 0 unspecified atom stereocenters. The highest BCUT2D eigenvalue weighted by atomic mass is 35.5. The largest absolute Gasteiger partial charge is 0.444 e. The molecular formula is C30H35ClN4O5S. The van der Waals surface area contributed by atoms with E-state index in [1.807, 2.05) is 25.7 Å². The van der Waals surface area contributed by atoms with E-state index in [9.17, 15) is 18.0 Å². The standard InChI is InChI=1S/C20H18ClN3O3S.C10H17NO2/c21-17-8-10-19(11-9-17)28(26,27)24(14-18-3-1-2-12-23-18)13-15-4-6-16(7-5-15)20(22)25;1-10(2,3)13-9(12)11-5-7-4-8(7)6-11/h1-12H,13-14H2,(H2,22,25);7-8H,4-6H2,1-3H3/t;7-,8+. The molecule has 41 heavy (non-hydrogen) atoms. The number of primary amides is 1. The number of rotatable bonds is 7. The van der Waals surface area contributed by atoms with Crippen molar-refractivity contribution in [3.05, 3.63) is 94.8 Å². The van der Waals surface area contributed by atoms with Gasteiger partial charge < -0.3 is 15.4 Å². The van der Waals surface area contributed by atoms with Crippen LogP contribution >= 0.6 is 11.6 Å². The Morgan fingerprint density at radius 3 is 2.17 bits per heavy atom. The lowest BCUT2D eigenvalue weighted by Crippen LogP contribution is -2.36. The molecule has 9 nitrogen and oxygen atoms in total. The number of ether oxygens (including phenoxy) is 1. The van der Waals surface area contributed by atoms with Crippen LogP contribution in [0.2, 0.25) is 5.02 Å². The Bertz CT molecular complexity index is 1450. The van der Waals surface area contributed by atoms with Crippen LogP contribution in [-0.4, -0.2) is 53.3 Å². The lowest BCUT2D eigenvalue weighted by Gasteiger charge is -2.25. The maximum absolute atomic E-state index is 13.2. The van der Waals surface area contributed by atoms with Gasteiger partial charge in [0.2, 0.25) is 15.9 Å². The quantitative estimate of drug-likeness (QED) is 0.404. The topological polar surface area (TPSA) is 123 Å². The molecule has 2 N–H and O–H groups in total. The van der Waals surface area contributed by atoms with Gasteiger partial charge in [0.05, 0.1) is 17.1 Å². The molecule has 1 saturated carbocycles. The molecule has 1 aromatic heterocycles. The number of hydrogen-bond donors (Lipinski definition) is 1. The highest BCUT2D eigenvalue weighted by Gasteiger charge is 2.47. The first-order chi connectivity index (χ1) is 19.3. The number of pyridine rings is 1. The molecule has 2 atom stereocenters. The second-order valence-electron chi connectivity index (χ2n) is 11.3. The number of halogens is 1. The maximum atomic E-state index is 13.2. The SMILES string of the molecule is CC(C)(C)OC(=O)N1C[C@H]2C[C@H]2C1.NC(=O)c1ccc(CN(Cc2ccccn2)S(=O)(=O)c2ccc(Cl)cc2)cc1. The number of aromatic nitrogens is 1. The first-order valence-corrected chi connectivity index (χ1v) is 15.2. The molecular weight excluding hydrogens is 564 g/mol. The van der Waals surface area contributed by atoms with E-state index >= 15 is 0 Å². The van der Waals surface area contributed by atoms with Crippen LogP contribution in [0.5, 0.6) is 0 Å². The number of hydrogen-bond acceptors (Lipinski definition) is 6. The van der Waals surface area contributed by atoms with Crippen molar-refractivity contribution in [3.63, 3.8) is 0 Å². The van der Waals surface area contributed by atoms with Gasteiger partial charge >= 0.3 is 6.09 Å². The molecule has 0 spiro atoms. The van der Waals surface area contributed by atoms with Crippen molar-refractivity contribution >= 4 is 33.6 Å². The third-order valence-electron chi connectivity index (χ3n) is 6.74. The third kappa shape index (κ3) is 8.51. The van der Waals surface area contributed by atoms with Gasteiger partial charge in [0.1, 0.15) is 5.60 Å². The highest BCUT2D eigenvalue weighted by Crippen LogP contribution is 2.45. The Labute approximate surface area is 246 Å². The van der Waals surface area contributed by atoms with Crippen molar-refractivity contribution in [2.45, 2.75) is 50.8 Å². The van der Waals surface area contributed by atoms with Crippen molar-refractivity contribution in [1.82, 2.24) is 14.2 Å². The summed E-state index contributed by atoms with van der Waals surface area (Å²) in [5, 5.41) is 0.456. The first kappa shape index (κ1) is 30.5. The lowest BCUT2D eigenvalue weighted by molar-refractivity contribution is 0.0274. The molecule has 2 amide bonds. The summed E-state index contributed by atoms with van der Waals surface area (Å²) in [5.74, 6) is 1.03. The monoisotopic (exact) mass is 598 g/mol. The molecule has 2 heterocycles. The number of carbonyl (C=O) groups is 2. The normalized spacial score (nSPS) is 17.8. The van der Waals surface area contributed by atoms with Crippen molar-refractivity contribution in [2.75, 3.05) is 13.1 Å².